The number of carbonyl (C=O) groups is 2. The van der Waals surface area contributed by atoms with Crippen molar-refractivity contribution in [3.05, 3.63) is 29.8 Å². The second kappa shape index (κ2) is 6.73. The van der Waals surface area contributed by atoms with Gasteiger partial charge in [-0.1, -0.05) is 39.8 Å². The summed E-state index contributed by atoms with van der Waals surface area (Å²) < 4.78 is 5.24. The Morgan fingerprint density at radius 3 is 2.61 bits per heavy atom. The van der Waals surface area contributed by atoms with Gasteiger partial charge in [0.2, 0.25) is 5.91 Å². The molecule has 1 aromatic rings. The molecule has 1 amide bonds. The first-order chi connectivity index (χ1) is 10.8. The molecule has 1 saturated carbocycles. The van der Waals surface area contributed by atoms with Crippen molar-refractivity contribution in [2.45, 2.75) is 52.5 Å². The van der Waals surface area contributed by atoms with Crippen LogP contribution in [0.15, 0.2) is 24.3 Å². The molecule has 0 aliphatic heterocycles. The fourth-order valence-electron chi connectivity index (χ4n) is 2.96. The lowest BCUT2D eigenvalue weighted by Gasteiger charge is -2.30. The number of nitrogens with one attached hydrogen (secondary N) is 1. The molecule has 1 aliphatic rings. The number of methoxy groups -OCH3 is 1. The summed E-state index contributed by atoms with van der Waals surface area (Å²) in [5.41, 5.74) is 0.849. The number of amides is 1. The molecule has 1 fully saturated rings. The average molecular weight is 317 g/mol. The maximum atomic E-state index is 12.5. The first-order valence-corrected chi connectivity index (χ1v) is 8.25. The zero-order chi connectivity index (χ0) is 17.2. The average Bonchev–Trinajstić information content (AvgIpc) is 3.31. The van der Waals surface area contributed by atoms with Crippen LogP contribution in [-0.4, -0.2) is 24.8 Å². The molecule has 0 aromatic heterocycles. The third-order valence-corrected chi connectivity index (χ3v) is 4.47. The van der Waals surface area contributed by atoms with Crippen molar-refractivity contribution in [2.75, 3.05) is 7.11 Å². The van der Waals surface area contributed by atoms with Crippen molar-refractivity contribution in [2.24, 2.45) is 11.3 Å². The fourth-order valence-corrected chi connectivity index (χ4v) is 2.96. The van der Waals surface area contributed by atoms with Gasteiger partial charge in [0.15, 0.2) is 5.78 Å². The minimum Gasteiger partial charge on any atom is -0.497 e. The number of hydrogen-bond donors (Lipinski definition) is 1. The molecule has 0 heterocycles. The van der Waals surface area contributed by atoms with Crippen LogP contribution in [0.4, 0.5) is 0 Å². The van der Waals surface area contributed by atoms with Gasteiger partial charge in [-0.05, 0) is 35.4 Å². The topological polar surface area (TPSA) is 55.4 Å². The second-order valence-corrected chi connectivity index (χ2v) is 7.35. The quantitative estimate of drug-likeness (QED) is 0.876. The summed E-state index contributed by atoms with van der Waals surface area (Å²) in [6.45, 7) is 7.79. The summed E-state index contributed by atoms with van der Waals surface area (Å²) >= 11 is 0. The summed E-state index contributed by atoms with van der Waals surface area (Å²) in [6.07, 6.45) is 1.27. The summed E-state index contributed by atoms with van der Waals surface area (Å²) in [7, 11) is 1.64. The Labute approximate surface area is 138 Å². The van der Waals surface area contributed by atoms with Crippen molar-refractivity contribution in [1.29, 1.82) is 0 Å². The molecule has 4 heteroatoms. The molecule has 2 rings (SSSR count). The van der Waals surface area contributed by atoms with Gasteiger partial charge in [-0.3, -0.25) is 9.59 Å². The standard InChI is InChI=1S/C19H27NO3/c1-6-16(21)17(19(2,3)4)20-18(22)15-11-14(15)12-8-7-9-13(10-12)23-5/h7-10,14-15,17H,6,11H2,1-5H3,(H,20,22)/t14-,15?,17?/m0/s1. The summed E-state index contributed by atoms with van der Waals surface area (Å²) in [4.78, 5) is 24.7. The van der Waals surface area contributed by atoms with Crippen molar-refractivity contribution in [3.8, 4) is 5.75 Å². The third kappa shape index (κ3) is 4.12. The number of hydrogen-bond acceptors (Lipinski definition) is 3. The second-order valence-electron chi connectivity index (χ2n) is 7.35. The zero-order valence-electron chi connectivity index (χ0n) is 14.7. The van der Waals surface area contributed by atoms with E-state index in [0.717, 1.165) is 17.7 Å². The molecule has 0 spiro atoms. The normalized spacial score (nSPS) is 21.4. The molecular formula is C19H27NO3. The van der Waals surface area contributed by atoms with Gasteiger partial charge in [0.25, 0.3) is 0 Å². The van der Waals surface area contributed by atoms with E-state index in [1.165, 1.54) is 0 Å². The SMILES string of the molecule is CCC(=O)C(NC(=O)C1C[C@H]1c1cccc(OC)c1)C(C)(C)C. The number of benzene rings is 1. The Morgan fingerprint density at radius 2 is 2.04 bits per heavy atom. The van der Waals surface area contributed by atoms with E-state index in [9.17, 15) is 9.59 Å². The highest BCUT2D eigenvalue weighted by Crippen LogP contribution is 2.48. The van der Waals surface area contributed by atoms with Gasteiger partial charge in [-0.15, -0.1) is 0 Å². The van der Waals surface area contributed by atoms with Gasteiger partial charge in [0.05, 0.1) is 13.2 Å². The highest BCUT2D eigenvalue weighted by Gasteiger charge is 2.45. The van der Waals surface area contributed by atoms with Crippen LogP contribution in [0.1, 0.15) is 52.0 Å². The molecule has 1 aromatic carbocycles. The van der Waals surface area contributed by atoms with Crippen molar-refractivity contribution in [3.63, 3.8) is 0 Å². The molecule has 23 heavy (non-hydrogen) atoms. The molecule has 0 radical (unpaired) electrons. The summed E-state index contributed by atoms with van der Waals surface area (Å²) in [6, 6.07) is 7.43. The largest absolute Gasteiger partial charge is 0.497 e. The van der Waals surface area contributed by atoms with Crippen LogP contribution in [0.3, 0.4) is 0 Å². The van der Waals surface area contributed by atoms with Crippen LogP contribution in [0, 0.1) is 11.3 Å². The lowest BCUT2D eigenvalue weighted by Crippen LogP contribution is -2.49. The van der Waals surface area contributed by atoms with E-state index in [1.54, 1.807) is 7.11 Å². The molecular weight excluding hydrogens is 290 g/mol. The number of carbonyl (C=O) groups excluding carboxylic acids is 2. The van der Waals surface area contributed by atoms with Gasteiger partial charge in [-0.2, -0.15) is 0 Å². The lowest BCUT2D eigenvalue weighted by atomic mass is 9.83. The smallest absolute Gasteiger partial charge is 0.224 e. The molecule has 3 atom stereocenters. The van der Waals surface area contributed by atoms with Gasteiger partial charge in [-0.25, -0.2) is 0 Å². The summed E-state index contributed by atoms with van der Waals surface area (Å²) in [5.74, 6) is 1.06. The van der Waals surface area contributed by atoms with E-state index < -0.39 is 6.04 Å². The van der Waals surface area contributed by atoms with Crippen LogP contribution in [0.5, 0.6) is 5.75 Å². The van der Waals surface area contributed by atoms with Crippen LogP contribution >= 0.6 is 0 Å². The van der Waals surface area contributed by atoms with E-state index in [1.807, 2.05) is 52.0 Å². The van der Waals surface area contributed by atoms with E-state index in [0.29, 0.717) is 6.42 Å². The molecule has 4 nitrogen and oxygen atoms in total. The van der Waals surface area contributed by atoms with E-state index >= 15 is 0 Å². The maximum Gasteiger partial charge on any atom is 0.224 e. The Hall–Kier alpha value is -1.84. The maximum absolute atomic E-state index is 12.5. The van der Waals surface area contributed by atoms with Crippen LogP contribution in [0.25, 0.3) is 0 Å². The van der Waals surface area contributed by atoms with Gasteiger partial charge in [0, 0.05) is 12.3 Å². The minimum atomic E-state index is -0.424. The number of rotatable bonds is 6. The summed E-state index contributed by atoms with van der Waals surface area (Å²) in [5, 5.41) is 2.98. The predicted octanol–water partition coefficient (Wildman–Crippen LogP) is 3.31. The first kappa shape index (κ1) is 17.5. The van der Waals surface area contributed by atoms with Crippen molar-refractivity contribution < 1.29 is 14.3 Å². The predicted molar refractivity (Wildman–Crippen MR) is 90.5 cm³/mol. The molecule has 126 valence electrons. The molecule has 1 N–H and O–H groups in total. The molecule has 0 bridgehead atoms. The third-order valence-electron chi connectivity index (χ3n) is 4.47. The Bertz CT molecular complexity index is 589. The van der Waals surface area contributed by atoms with E-state index in [-0.39, 0.29) is 28.9 Å². The van der Waals surface area contributed by atoms with E-state index in [2.05, 4.69) is 5.32 Å². The Kier molecular flexibility index (Phi) is 5.12. The molecule has 1 aliphatic carbocycles. The van der Waals surface area contributed by atoms with E-state index in [4.69, 9.17) is 4.74 Å². The fraction of sp³-hybridized carbons (Fsp3) is 0.579. The van der Waals surface area contributed by atoms with Gasteiger partial charge >= 0.3 is 0 Å². The monoisotopic (exact) mass is 317 g/mol. The van der Waals surface area contributed by atoms with Crippen LogP contribution in [0.2, 0.25) is 0 Å². The van der Waals surface area contributed by atoms with Gasteiger partial charge in [0.1, 0.15) is 5.75 Å². The lowest BCUT2D eigenvalue weighted by molar-refractivity contribution is -0.130. The number of Topliss-reactive ketones (excluding diaryl/α,β-unsaturated/α-hetero) is 1. The zero-order valence-corrected chi connectivity index (χ0v) is 14.7. The number of ether oxygens (including phenoxy) is 1. The highest BCUT2D eigenvalue weighted by atomic mass is 16.5. The first-order valence-electron chi connectivity index (χ1n) is 8.25. The molecule has 2 unspecified atom stereocenters. The van der Waals surface area contributed by atoms with Crippen molar-refractivity contribution in [1.82, 2.24) is 5.32 Å². The van der Waals surface area contributed by atoms with Gasteiger partial charge < -0.3 is 10.1 Å². The minimum absolute atomic E-state index is 0.0143. The Morgan fingerprint density at radius 1 is 1.35 bits per heavy atom. The number of ketones is 1. The highest BCUT2D eigenvalue weighted by molar-refractivity contribution is 5.91. The Balaban J connectivity index is 2.03. The molecule has 0 saturated heterocycles. The van der Waals surface area contributed by atoms with Crippen LogP contribution < -0.4 is 10.1 Å². The van der Waals surface area contributed by atoms with Crippen molar-refractivity contribution >= 4 is 11.7 Å². The van der Waals surface area contributed by atoms with Crippen LogP contribution in [-0.2, 0) is 9.59 Å².